The zero-order valence-corrected chi connectivity index (χ0v) is 21.4. The topological polar surface area (TPSA) is 92.8 Å². The fourth-order valence-corrected chi connectivity index (χ4v) is 8.63. The van der Waals surface area contributed by atoms with Gasteiger partial charge in [0.2, 0.25) is 0 Å². The van der Waals surface area contributed by atoms with Gasteiger partial charge in [0.25, 0.3) is 10.2 Å². The average molecular weight is 537 g/mol. The Morgan fingerprint density at radius 1 is 1.09 bits per heavy atom. The van der Waals surface area contributed by atoms with Gasteiger partial charge in [-0.3, -0.25) is 0 Å². The summed E-state index contributed by atoms with van der Waals surface area (Å²) in [6.07, 6.45) is 0.000835. The summed E-state index contributed by atoms with van der Waals surface area (Å²) in [6, 6.07) is 5.66. The highest BCUT2D eigenvalue weighted by Gasteiger charge is 2.62. The van der Waals surface area contributed by atoms with Gasteiger partial charge in [0, 0.05) is 18.1 Å². The van der Waals surface area contributed by atoms with Gasteiger partial charge in [-0.25, -0.2) is 21.9 Å². The molecule has 0 amide bonds. The Morgan fingerprint density at radius 3 is 2.32 bits per heavy atom. The van der Waals surface area contributed by atoms with E-state index in [4.69, 9.17) is 16.3 Å². The third-order valence-corrected chi connectivity index (χ3v) is 10.4. The monoisotopic (exact) mass is 536 g/mol. The van der Waals surface area contributed by atoms with Crippen molar-refractivity contribution in [2.24, 2.45) is 0 Å². The number of hydrogen-bond donors (Lipinski definition) is 1. The van der Waals surface area contributed by atoms with E-state index in [9.17, 15) is 21.2 Å². The summed E-state index contributed by atoms with van der Waals surface area (Å²) in [4.78, 5) is -0.175. The predicted molar refractivity (Wildman–Crippen MR) is 126 cm³/mol. The molecule has 0 bridgehead atoms. The van der Waals surface area contributed by atoms with E-state index < -0.39 is 60.4 Å². The third-order valence-electron chi connectivity index (χ3n) is 5.92. The van der Waals surface area contributed by atoms with Crippen LogP contribution in [0.1, 0.15) is 39.2 Å². The van der Waals surface area contributed by atoms with Crippen LogP contribution in [0.15, 0.2) is 41.3 Å². The van der Waals surface area contributed by atoms with E-state index in [1.165, 1.54) is 24.3 Å². The van der Waals surface area contributed by atoms with Crippen molar-refractivity contribution in [1.29, 1.82) is 0 Å². The molecule has 2 atom stereocenters. The quantitative estimate of drug-likeness (QED) is 0.623. The first kappa shape index (κ1) is 26.8. The van der Waals surface area contributed by atoms with E-state index in [-0.39, 0.29) is 30.8 Å². The van der Waals surface area contributed by atoms with E-state index in [2.05, 4.69) is 4.72 Å². The molecule has 34 heavy (non-hydrogen) atoms. The molecule has 12 heteroatoms. The molecule has 1 unspecified atom stereocenters. The maximum Gasteiger partial charge on any atom is 0.279 e. The highest BCUT2D eigenvalue weighted by atomic mass is 35.5. The van der Waals surface area contributed by atoms with Crippen LogP contribution in [-0.4, -0.2) is 46.9 Å². The zero-order chi connectivity index (χ0) is 25.3. The molecule has 1 fully saturated rings. The van der Waals surface area contributed by atoms with Crippen LogP contribution in [-0.2, 0) is 24.8 Å². The molecule has 0 spiro atoms. The lowest BCUT2D eigenvalue weighted by Crippen LogP contribution is -2.65. The predicted octanol–water partition coefficient (Wildman–Crippen LogP) is 4.02. The molecule has 1 N–H and O–H groups in total. The number of halogens is 3. The molecule has 2 aliphatic rings. The van der Waals surface area contributed by atoms with Crippen molar-refractivity contribution >= 4 is 31.6 Å². The van der Waals surface area contributed by atoms with Crippen molar-refractivity contribution in [2.45, 2.75) is 49.3 Å². The third kappa shape index (κ3) is 4.21. The first-order valence-corrected chi connectivity index (χ1v) is 14.2. The molecular weight excluding hydrogens is 510 g/mol. The molecule has 0 radical (unpaired) electrons. The number of piperidine rings is 1. The molecule has 0 aromatic heterocycles. The number of ether oxygens (including phenoxy) is 1. The van der Waals surface area contributed by atoms with Crippen LogP contribution in [0.5, 0.6) is 5.75 Å². The van der Waals surface area contributed by atoms with Gasteiger partial charge in [-0.1, -0.05) is 32.4 Å². The Morgan fingerprint density at radius 2 is 1.71 bits per heavy atom. The maximum absolute atomic E-state index is 15.2. The highest BCUT2D eigenvalue weighted by Crippen LogP contribution is 2.54. The van der Waals surface area contributed by atoms with Crippen molar-refractivity contribution in [3.63, 3.8) is 0 Å². The van der Waals surface area contributed by atoms with Crippen LogP contribution >= 0.6 is 11.6 Å². The Kier molecular flexibility index (Phi) is 7.93. The van der Waals surface area contributed by atoms with Gasteiger partial charge in [-0.05, 0) is 49.2 Å². The molecule has 1 saturated heterocycles. The molecule has 0 saturated carbocycles. The van der Waals surface area contributed by atoms with Crippen molar-refractivity contribution in [3.05, 3.63) is 58.6 Å². The number of hydrogen-bond acceptors (Lipinski definition) is 5. The van der Waals surface area contributed by atoms with Crippen molar-refractivity contribution < 1.29 is 30.4 Å². The van der Waals surface area contributed by atoms with Gasteiger partial charge < -0.3 is 4.74 Å². The summed E-state index contributed by atoms with van der Waals surface area (Å²) < 4.78 is 90.6. The standard InChI is InChI=1S/C20H21ClF2N2O5S2.C2H6/c1-2-24-32(28,29)25-11-3-10-20(31(26,27)14-6-4-13(21)5-7-14)17(25)12-30-19-16(23)9-8-15(22)18(19)20;1-2/h4-9,17,24H,2-3,10-12H2,1H3;1-2H3/t17?,20-;/m0./s1. The smallest absolute Gasteiger partial charge is 0.279 e. The zero-order valence-electron chi connectivity index (χ0n) is 19.0. The Balaban J connectivity index is 0.00000158. The van der Waals surface area contributed by atoms with Crippen LogP contribution in [0.25, 0.3) is 0 Å². The minimum Gasteiger partial charge on any atom is -0.488 e. The summed E-state index contributed by atoms with van der Waals surface area (Å²) >= 11 is 5.91. The Labute approximate surface area is 204 Å². The molecular formula is C22H27ClF2N2O5S2. The fourth-order valence-electron chi connectivity index (χ4n) is 4.62. The summed E-state index contributed by atoms with van der Waals surface area (Å²) in [5.74, 6) is -2.41. The van der Waals surface area contributed by atoms with E-state index in [1.807, 2.05) is 13.8 Å². The molecule has 0 aliphatic carbocycles. The SMILES string of the molecule is CC.CCNS(=O)(=O)N1CCC[C@@]2(S(=O)(=O)c3ccc(Cl)cc3)c3c(F)ccc(F)c3OCC12. The second-order valence-electron chi connectivity index (χ2n) is 7.62. The van der Waals surface area contributed by atoms with E-state index in [1.54, 1.807) is 6.92 Å². The van der Waals surface area contributed by atoms with Crippen LogP contribution in [0.2, 0.25) is 5.02 Å². The van der Waals surface area contributed by atoms with Crippen LogP contribution in [0.4, 0.5) is 8.78 Å². The number of nitrogens with zero attached hydrogens (tertiary/aromatic N) is 1. The molecule has 4 rings (SSSR count). The summed E-state index contributed by atoms with van der Waals surface area (Å²) in [6.45, 7) is 5.21. The number of nitrogens with one attached hydrogen (secondary N) is 1. The molecule has 2 aromatic carbocycles. The van der Waals surface area contributed by atoms with Crippen LogP contribution in [0.3, 0.4) is 0 Å². The van der Waals surface area contributed by atoms with Gasteiger partial charge in [0.1, 0.15) is 17.2 Å². The lowest BCUT2D eigenvalue weighted by molar-refractivity contribution is 0.0975. The lowest BCUT2D eigenvalue weighted by Gasteiger charge is -2.50. The average Bonchev–Trinajstić information content (AvgIpc) is 2.82. The van der Waals surface area contributed by atoms with Gasteiger partial charge >= 0.3 is 0 Å². The van der Waals surface area contributed by atoms with Gasteiger partial charge in [-0.2, -0.15) is 12.7 Å². The molecule has 7 nitrogen and oxygen atoms in total. The summed E-state index contributed by atoms with van der Waals surface area (Å²) in [7, 11) is -8.56. The minimum absolute atomic E-state index is 0.00746. The largest absolute Gasteiger partial charge is 0.488 e. The van der Waals surface area contributed by atoms with E-state index in [0.717, 1.165) is 16.4 Å². The number of benzene rings is 2. The van der Waals surface area contributed by atoms with Crippen molar-refractivity contribution in [2.75, 3.05) is 19.7 Å². The van der Waals surface area contributed by atoms with Crippen molar-refractivity contribution in [3.8, 4) is 5.75 Å². The van der Waals surface area contributed by atoms with E-state index in [0.29, 0.717) is 5.02 Å². The molecule has 2 aliphatic heterocycles. The lowest BCUT2D eigenvalue weighted by atomic mass is 9.81. The fraction of sp³-hybridized carbons (Fsp3) is 0.455. The highest BCUT2D eigenvalue weighted by molar-refractivity contribution is 7.92. The van der Waals surface area contributed by atoms with Gasteiger partial charge in [0.05, 0.1) is 16.5 Å². The Bertz CT molecular complexity index is 1260. The second kappa shape index (κ2) is 10.1. The van der Waals surface area contributed by atoms with Gasteiger partial charge in [0.15, 0.2) is 21.4 Å². The molecule has 2 heterocycles. The maximum atomic E-state index is 15.2. The minimum atomic E-state index is -4.44. The normalized spacial score (nSPS) is 22.6. The first-order chi connectivity index (χ1) is 16.1. The number of sulfone groups is 1. The molecule has 188 valence electrons. The number of rotatable bonds is 5. The Hall–Kier alpha value is -1.79. The number of fused-ring (bicyclic) bond motifs is 3. The summed E-state index contributed by atoms with van der Waals surface area (Å²) in [5, 5.41) is 0.294. The first-order valence-electron chi connectivity index (χ1n) is 10.9. The van der Waals surface area contributed by atoms with Crippen LogP contribution in [0, 0.1) is 11.6 Å². The van der Waals surface area contributed by atoms with Crippen molar-refractivity contribution in [1.82, 2.24) is 9.03 Å². The summed E-state index contributed by atoms with van der Waals surface area (Å²) in [5.41, 5.74) is -0.486. The molecule has 2 aromatic rings. The van der Waals surface area contributed by atoms with E-state index >= 15 is 4.39 Å². The van der Waals surface area contributed by atoms with Gasteiger partial charge in [-0.15, -0.1) is 0 Å². The van der Waals surface area contributed by atoms with Crippen LogP contribution < -0.4 is 9.46 Å². The second-order valence-corrected chi connectivity index (χ2v) is 12.0.